The van der Waals surface area contributed by atoms with Crippen LogP contribution in [0.3, 0.4) is 0 Å². The van der Waals surface area contributed by atoms with Crippen molar-refractivity contribution in [1.82, 2.24) is 5.32 Å². The van der Waals surface area contributed by atoms with Gasteiger partial charge in [-0.15, -0.1) is 0 Å². The number of carbonyl (C=O) groups excluding carboxylic acids is 1. The maximum atomic E-state index is 12.4. The fourth-order valence-electron chi connectivity index (χ4n) is 2.42. The fraction of sp³-hybridized carbons (Fsp3) is 0.500. The minimum Gasteiger partial charge on any atom is -0.508 e. The van der Waals surface area contributed by atoms with E-state index in [0.717, 1.165) is 30.6 Å². The van der Waals surface area contributed by atoms with Gasteiger partial charge in [0.05, 0.1) is 11.7 Å². The second-order valence-electron chi connectivity index (χ2n) is 4.70. The first-order valence-corrected chi connectivity index (χ1v) is 6.48. The molecular formula is C14H20N2O2. The van der Waals surface area contributed by atoms with Crippen molar-refractivity contribution < 1.29 is 9.90 Å². The number of nitrogens with zero attached hydrogens (tertiary/aromatic N) is 1. The molecule has 0 saturated carbocycles. The van der Waals surface area contributed by atoms with Crippen LogP contribution in [0, 0.1) is 6.92 Å². The van der Waals surface area contributed by atoms with E-state index in [0.29, 0.717) is 6.54 Å². The molecule has 18 heavy (non-hydrogen) atoms. The summed E-state index contributed by atoms with van der Waals surface area (Å²) in [6, 6.07) is 5.06. The Morgan fingerprint density at radius 1 is 1.56 bits per heavy atom. The van der Waals surface area contributed by atoms with Crippen LogP contribution in [0.25, 0.3) is 0 Å². The number of phenols is 1. The molecule has 4 heteroatoms. The summed E-state index contributed by atoms with van der Waals surface area (Å²) >= 11 is 0. The first kappa shape index (κ1) is 12.9. The fourth-order valence-corrected chi connectivity index (χ4v) is 2.42. The van der Waals surface area contributed by atoms with E-state index in [4.69, 9.17) is 0 Å². The van der Waals surface area contributed by atoms with Gasteiger partial charge in [-0.05, 0) is 44.9 Å². The minimum absolute atomic E-state index is 0.0771. The van der Waals surface area contributed by atoms with Gasteiger partial charge in [0.15, 0.2) is 0 Å². The number of amides is 1. The van der Waals surface area contributed by atoms with Crippen molar-refractivity contribution in [3.05, 3.63) is 23.8 Å². The topological polar surface area (TPSA) is 52.6 Å². The molecule has 1 heterocycles. The van der Waals surface area contributed by atoms with Crippen molar-refractivity contribution in [2.24, 2.45) is 0 Å². The number of likely N-dealkylation sites (N-methyl/N-ethyl adjacent to an activating group) is 1. The number of aromatic hydroxyl groups is 1. The predicted octanol–water partition coefficient (Wildman–Crippen LogP) is 1.81. The van der Waals surface area contributed by atoms with Gasteiger partial charge >= 0.3 is 0 Å². The first-order chi connectivity index (χ1) is 8.63. The average molecular weight is 248 g/mol. The third-order valence-electron chi connectivity index (χ3n) is 3.42. The maximum Gasteiger partial charge on any atom is 0.244 e. The van der Waals surface area contributed by atoms with Crippen molar-refractivity contribution in [3.8, 4) is 5.75 Å². The largest absolute Gasteiger partial charge is 0.508 e. The normalized spacial score (nSPS) is 18.9. The molecule has 0 bridgehead atoms. The molecule has 1 atom stereocenters. The van der Waals surface area contributed by atoms with Crippen LogP contribution < -0.4 is 10.2 Å². The van der Waals surface area contributed by atoms with Crippen LogP contribution in [0.1, 0.15) is 25.3 Å². The van der Waals surface area contributed by atoms with E-state index in [2.05, 4.69) is 5.32 Å². The summed E-state index contributed by atoms with van der Waals surface area (Å²) in [6.45, 7) is 5.43. The summed E-state index contributed by atoms with van der Waals surface area (Å²) in [7, 11) is 0. The quantitative estimate of drug-likeness (QED) is 0.857. The Labute approximate surface area is 108 Å². The van der Waals surface area contributed by atoms with Gasteiger partial charge in [0, 0.05) is 12.6 Å². The third kappa shape index (κ3) is 2.48. The maximum absolute atomic E-state index is 12.4. The summed E-state index contributed by atoms with van der Waals surface area (Å²) < 4.78 is 0. The smallest absolute Gasteiger partial charge is 0.244 e. The number of carbonyl (C=O) groups is 1. The zero-order chi connectivity index (χ0) is 13.1. The van der Waals surface area contributed by atoms with Crippen molar-refractivity contribution in [3.63, 3.8) is 0 Å². The molecule has 1 amide bonds. The highest BCUT2D eigenvalue weighted by atomic mass is 16.3. The molecule has 0 aliphatic carbocycles. The van der Waals surface area contributed by atoms with Crippen LogP contribution in [0.2, 0.25) is 0 Å². The van der Waals surface area contributed by atoms with Crippen molar-refractivity contribution >= 4 is 11.6 Å². The molecular weight excluding hydrogens is 228 g/mol. The molecule has 2 rings (SSSR count). The SMILES string of the molecule is CCN(C(=O)[C@@H]1CCCN1)c1cc(O)ccc1C. The van der Waals surface area contributed by atoms with Crippen molar-refractivity contribution in [2.75, 3.05) is 18.0 Å². The Morgan fingerprint density at radius 2 is 2.33 bits per heavy atom. The van der Waals surface area contributed by atoms with Gasteiger partial charge in [-0.3, -0.25) is 4.79 Å². The number of anilines is 1. The molecule has 1 fully saturated rings. The molecule has 98 valence electrons. The van der Waals surface area contributed by atoms with Gasteiger partial charge in [0.2, 0.25) is 5.91 Å². The molecule has 1 aliphatic heterocycles. The van der Waals surface area contributed by atoms with Crippen LogP contribution >= 0.6 is 0 Å². The van der Waals surface area contributed by atoms with Crippen LogP contribution in [0.5, 0.6) is 5.75 Å². The Hall–Kier alpha value is -1.55. The number of nitrogens with one attached hydrogen (secondary N) is 1. The monoisotopic (exact) mass is 248 g/mol. The van der Waals surface area contributed by atoms with Gasteiger partial charge < -0.3 is 15.3 Å². The molecule has 1 aromatic carbocycles. The van der Waals surface area contributed by atoms with Crippen molar-refractivity contribution in [2.45, 2.75) is 32.7 Å². The Bertz CT molecular complexity index is 439. The van der Waals surface area contributed by atoms with Crippen LogP contribution in [-0.2, 0) is 4.79 Å². The molecule has 0 spiro atoms. The second kappa shape index (κ2) is 5.40. The molecule has 1 aromatic rings. The Morgan fingerprint density at radius 3 is 2.94 bits per heavy atom. The summed E-state index contributed by atoms with van der Waals surface area (Å²) in [5.74, 6) is 0.296. The number of hydrogen-bond donors (Lipinski definition) is 2. The number of phenolic OH excluding ortho intramolecular Hbond substituents is 1. The van der Waals surface area contributed by atoms with E-state index in [9.17, 15) is 9.90 Å². The lowest BCUT2D eigenvalue weighted by molar-refractivity contribution is -0.120. The lowest BCUT2D eigenvalue weighted by Crippen LogP contribution is -2.44. The van der Waals surface area contributed by atoms with Gasteiger partial charge in [-0.1, -0.05) is 6.07 Å². The van der Waals surface area contributed by atoms with Gasteiger partial charge in [-0.25, -0.2) is 0 Å². The summed E-state index contributed by atoms with van der Waals surface area (Å²) in [6.07, 6.45) is 1.94. The number of aryl methyl sites for hydroxylation is 1. The standard InChI is InChI=1S/C14H20N2O2/c1-3-16(14(18)12-5-4-8-15-12)13-9-11(17)7-6-10(13)2/h6-7,9,12,15,17H,3-5,8H2,1-2H3/t12-/m0/s1. The van der Waals surface area contributed by atoms with Crippen LogP contribution in [-0.4, -0.2) is 30.1 Å². The molecule has 4 nitrogen and oxygen atoms in total. The zero-order valence-corrected chi connectivity index (χ0v) is 10.9. The van der Waals surface area contributed by atoms with E-state index in [-0.39, 0.29) is 17.7 Å². The molecule has 0 radical (unpaired) electrons. The highest BCUT2D eigenvalue weighted by molar-refractivity contribution is 5.98. The van der Waals surface area contributed by atoms with E-state index >= 15 is 0 Å². The summed E-state index contributed by atoms with van der Waals surface area (Å²) in [4.78, 5) is 14.2. The third-order valence-corrected chi connectivity index (χ3v) is 3.42. The summed E-state index contributed by atoms with van der Waals surface area (Å²) in [5.41, 5.74) is 1.80. The predicted molar refractivity (Wildman–Crippen MR) is 71.9 cm³/mol. The van der Waals surface area contributed by atoms with E-state index < -0.39 is 0 Å². The lowest BCUT2D eigenvalue weighted by atomic mass is 10.1. The van der Waals surface area contributed by atoms with Gasteiger partial charge in [0.1, 0.15) is 5.75 Å². The van der Waals surface area contributed by atoms with Gasteiger partial charge in [0.25, 0.3) is 0 Å². The zero-order valence-electron chi connectivity index (χ0n) is 10.9. The first-order valence-electron chi connectivity index (χ1n) is 6.48. The summed E-state index contributed by atoms with van der Waals surface area (Å²) in [5, 5.41) is 12.8. The van der Waals surface area contributed by atoms with Crippen LogP contribution in [0.4, 0.5) is 5.69 Å². The van der Waals surface area contributed by atoms with Gasteiger partial charge in [-0.2, -0.15) is 0 Å². The number of rotatable bonds is 3. The number of hydrogen-bond acceptors (Lipinski definition) is 3. The Kier molecular flexibility index (Phi) is 3.87. The molecule has 1 saturated heterocycles. The number of benzene rings is 1. The molecule has 0 unspecified atom stereocenters. The highest BCUT2D eigenvalue weighted by Crippen LogP contribution is 2.26. The molecule has 2 N–H and O–H groups in total. The van der Waals surface area contributed by atoms with Crippen LogP contribution in [0.15, 0.2) is 18.2 Å². The van der Waals surface area contributed by atoms with E-state index in [1.807, 2.05) is 19.9 Å². The Balaban J connectivity index is 2.26. The molecule has 1 aliphatic rings. The van der Waals surface area contributed by atoms with Crippen molar-refractivity contribution in [1.29, 1.82) is 0 Å². The highest BCUT2D eigenvalue weighted by Gasteiger charge is 2.27. The van der Waals surface area contributed by atoms with E-state index in [1.165, 1.54) is 0 Å². The second-order valence-corrected chi connectivity index (χ2v) is 4.70. The molecule has 0 aromatic heterocycles. The average Bonchev–Trinajstić information content (AvgIpc) is 2.88. The lowest BCUT2D eigenvalue weighted by Gasteiger charge is -2.26. The minimum atomic E-state index is -0.0771. The van der Waals surface area contributed by atoms with E-state index in [1.54, 1.807) is 17.0 Å².